The van der Waals surface area contributed by atoms with Crippen LogP contribution in [-0.4, -0.2) is 27.0 Å². The summed E-state index contributed by atoms with van der Waals surface area (Å²) in [5.74, 6) is -0.254. The Hall–Kier alpha value is -1.43. The fourth-order valence-corrected chi connectivity index (χ4v) is 3.14. The Morgan fingerprint density at radius 2 is 2.04 bits per heavy atom. The summed E-state index contributed by atoms with van der Waals surface area (Å²) in [6.07, 6.45) is 2.81. The van der Waals surface area contributed by atoms with Gasteiger partial charge in [0.25, 0.3) is 0 Å². The molecule has 1 aromatic carbocycles. The Kier molecular flexibility index (Phi) is 4.71. The lowest BCUT2D eigenvalue weighted by Gasteiger charge is -2.36. The summed E-state index contributed by atoms with van der Waals surface area (Å²) in [6, 6.07) is 6.32. The number of nitrogens with zero attached hydrogens (tertiary/aromatic N) is 2. The summed E-state index contributed by atoms with van der Waals surface area (Å²) in [7, 11) is 0. The van der Waals surface area contributed by atoms with Crippen LogP contribution in [0.15, 0.2) is 24.3 Å². The van der Waals surface area contributed by atoms with Crippen molar-refractivity contribution in [2.75, 3.05) is 6.54 Å². The second-order valence-electron chi connectivity index (χ2n) is 6.32. The first-order valence-corrected chi connectivity index (χ1v) is 8.24. The lowest BCUT2D eigenvalue weighted by atomic mass is 9.80. The molecule has 0 spiro atoms. The molecule has 0 aliphatic heterocycles. The second kappa shape index (κ2) is 6.59. The Morgan fingerprint density at radius 1 is 1.35 bits per heavy atom. The maximum absolute atomic E-state index is 13.0. The average Bonchev–Trinajstić information content (AvgIpc) is 2.75. The summed E-state index contributed by atoms with van der Waals surface area (Å²) in [4.78, 5) is 0. The third-order valence-electron chi connectivity index (χ3n) is 4.47. The number of benzene rings is 1. The van der Waals surface area contributed by atoms with Crippen LogP contribution in [0.2, 0.25) is 5.15 Å². The van der Waals surface area contributed by atoms with Gasteiger partial charge in [-0.25, -0.2) is 9.07 Å². The Morgan fingerprint density at radius 3 is 2.65 bits per heavy atom. The highest BCUT2D eigenvalue weighted by Gasteiger charge is 2.33. The zero-order valence-corrected chi connectivity index (χ0v) is 13.9. The minimum absolute atomic E-state index is 0.254. The van der Waals surface area contributed by atoms with Crippen molar-refractivity contribution in [3.05, 3.63) is 52.1 Å². The van der Waals surface area contributed by atoms with Gasteiger partial charge in [-0.2, -0.15) is 5.10 Å². The molecule has 1 aliphatic carbocycles. The molecule has 23 heavy (non-hydrogen) atoms. The van der Waals surface area contributed by atoms with E-state index in [1.165, 1.54) is 12.1 Å². The number of aliphatic hydroxyl groups is 1. The van der Waals surface area contributed by atoms with Crippen molar-refractivity contribution in [3.63, 3.8) is 0 Å². The number of aromatic nitrogens is 2. The van der Waals surface area contributed by atoms with E-state index in [1.807, 2.05) is 6.92 Å². The molecule has 3 rings (SSSR count). The number of nitrogens with one attached hydrogen (secondary N) is 1. The van der Waals surface area contributed by atoms with E-state index in [0.29, 0.717) is 24.8 Å². The largest absolute Gasteiger partial charge is 0.389 e. The van der Waals surface area contributed by atoms with Crippen molar-refractivity contribution >= 4 is 11.6 Å². The fourth-order valence-electron chi connectivity index (χ4n) is 2.84. The van der Waals surface area contributed by atoms with Gasteiger partial charge in [-0.15, -0.1) is 0 Å². The summed E-state index contributed by atoms with van der Waals surface area (Å²) in [5.41, 5.74) is 2.20. The average molecular weight is 338 g/mol. The second-order valence-corrected chi connectivity index (χ2v) is 6.68. The van der Waals surface area contributed by atoms with Crippen molar-refractivity contribution in [2.45, 2.75) is 44.9 Å². The molecule has 0 saturated heterocycles. The molecule has 0 amide bonds. The van der Waals surface area contributed by atoms with Crippen LogP contribution in [0.1, 0.15) is 36.1 Å². The quantitative estimate of drug-likeness (QED) is 0.852. The standard InChI is InChI=1S/C17H21ClFN3O/c1-12-15(9-20-11-17(23)7-2-8-17)16(18)22(21-12)10-13-3-5-14(19)6-4-13/h3-6,20,23H,2,7-11H2,1H3. The van der Waals surface area contributed by atoms with Gasteiger partial charge in [0.1, 0.15) is 11.0 Å². The van der Waals surface area contributed by atoms with Gasteiger partial charge in [-0.05, 0) is 43.9 Å². The molecule has 2 N–H and O–H groups in total. The third-order valence-corrected chi connectivity index (χ3v) is 4.89. The molecular formula is C17H21ClFN3O. The first-order chi connectivity index (χ1) is 11.0. The molecular weight excluding hydrogens is 317 g/mol. The van der Waals surface area contributed by atoms with Gasteiger partial charge >= 0.3 is 0 Å². The van der Waals surface area contributed by atoms with Crippen molar-refractivity contribution in [2.24, 2.45) is 0 Å². The van der Waals surface area contributed by atoms with Gasteiger partial charge in [0.2, 0.25) is 0 Å². The van der Waals surface area contributed by atoms with Crippen LogP contribution in [0.5, 0.6) is 0 Å². The molecule has 124 valence electrons. The lowest BCUT2D eigenvalue weighted by Crippen LogP contribution is -2.46. The van der Waals surface area contributed by atoms with Gasteiger partial charge in [0.05, 0.1) is 17.8 Å². The summed E-state index contributed by atoms with van der Waals surface area (Å²) >= 11 is 6.43. The normalized spacial score (nSPS) is 16.3. The van der Waals surface area contributed by atoms with E-state index < -0.39 is 5.60 Å². The highest BCUT2D eigenvalue weighted by molar-refractivity contribution is 6.30. The molecule has 6 heteroatoms. The zero-order valence-electron chi connectivity index (χ0n) is 13.1. The minimum Gasteiger partial charge on any atom is -0.389 e. The van der Waals surface area contributed by atoms with Crippen LogP contribution in [-0.2, 0) is 13.1 Å². The van der Waals surface area contributed by atoms with Crippen LogP contribution in [0.25, 0.3) is 0 Å². The van der Waals surface area contributed by atoms with Gasteiger partial charge < -0.3 is 10.4 Å². The third kappa shape index (κ3) is 3.74. The molecule has 1 aromatic heterocycles. The van der Waals surface area contributed by atoms with Crippen molar-refractivity contribution in [1.29, 1.82) is 0 Å². The topological polar surface area (TPSA) is 50.1 Å². The van der Waals surface area contributed by atoms with E-state index in [4.69, 9.17) is 11.6 Å². The Bertz CT molecular complexity index is 680. The van der Waals surface area contributed by atoms with E-state index in [2.05, 4.69) is 10.4 Å². The lowest BCUT2D eigenvalue weighted by molar-refractivity contribution is -0.0314. The maximum atomic E-state index is 13.0. The van der Waals surface area contributed by atoms with E-state index in [-0.39, 0.29) is 5.82 Å². The highest BCUT2D eigenvalue weighted by atomic mass is 35.5. The molecule has 0 atom stereocenters. The molecule has 4 nitrogen and oxygen atoms in total. The Balaban J connectivity index is 1.65. The summed E-state index contributed by atoms with van der Waals surface area (Å²) < 4.78 is 14.7. The van der Waals surface area contributed by atoms with Crippen LogP contribution < -0.4 is 5.32 Å². The highest BCUT2D eigenvalue weighted by Crippen LogP contribution is 2.31. The molecule has 0 bridgehead atoms. The minimum atomic E-state index is -0.551. The monoisotopic (exact) mass is 337 g/mol. The SMILES string of the molecule is Cc1nn(Cc2ccc(F)cc2)c(Cl)c1CNCC1(O)CCC1. The van der Waals surface area contributed by atoms with E-state index in [1.54, 1.807) is 16.8 Å². The number of hydrogen-bond donors (Lipinski definition) is 2. The summed E-state index contributed by atoms with van der Waals surface area (Å²) in [5, 5.41) is 18.4. The molecule has 1 heterocycles. The zero-order chi connectivity index (χ0) is 16.4. The van der Waals surface area contributed by atoms with Gasteiger partial charge in [0.15, 0.2) is 0 Å². The van der Waals surface area contributed by atoms with Crippen LogP contribution in [0, 0.1) is 12.7 Å². The number of hydrogen-bond acceptors (Lipinski definition) is 3. The summed E-state index contributed by atoms with van der Waals surface area (Å²) in [6.45, 7) is 3.58. The smallest absolute Gasteiger partial charge is 0.132 e. The Labute approximate surface area is 140 Å². The molecule has 1 aliphatic rings. The van der Waals surface area contributed by atoms with Crippen molar-refractivity contribution < 1.29 is 9.50 Å². The van der Waals surface area contributed by atoms with Crippen molar-refractivity contribution in [3.8, 4) is 0 Å². The predicted molar refractivity (Wildman–Crippen MR) is 88.0 cm³/mol. The van der Waals surface area contributed by atoms with Gasteiger partial charge in [-0.3, -0.25) is 0 Å². The molecule has 1 saturated carbocycles. The molecule has 0 radical (unpaired) electrons. The van der Waals surface area contributed by atoms with Crippen LogP contribution >= 0.6 is 11.6 Å². The fraction of sp³-hybridized carbons (Fsp3) is 0.471. The van der Waals surface area contributed by atoms with Crippen LogP contribution in [0.3, 0.4) is 0 Å². The van der Waals surface area contributed by atoms with E-state index >= 15 is 0 Å². The number of aryl methyl sites for hydroxylation is 1. The first-order valence-electron chi connectivity index (χ1n) is 7.86. The number of halogens is 2. The van der Waals surface area contributed by atoms with E-state index in [9.17, 15) is 9.50 Å². The molecule has 0 unspecified atom stereocenters. The number of rotatable bonds is 6. The van der Waals surface area contributed by atoms with E-state index in [0.717, 1.165) is 36.1 Å². The van der Waals surface area contributed by atoms with Crippen LogP contribution in [0.4, 0.5) is 4.39 Å². The van der Waals surface area contributed by atoms with Gasteiger partial charge in [-0.1, -0.05) is 23.7 Å². The van der Waals surface area contributed by atoms with Gasteiger partial charge in [0, 0.05) is 18.7 Å². The first kappa shape index (κ1) is 16.4. The van der Waals surface area contributed by atoms with Crippen molar-refractivity contribution in [1.82, 2.24) is 15.1 Å². The predicted octanol–water partition coefficient (Wildman–Crippen LogP) is 3.04. The molecule has 2 aromatic rings. The molecule has 1 fully saturated rings. The maximum Gasteiger partial charge on any atom is 0.132 e.